The second-order valence-corrected chi connectivity index (χ2v) is 5.81. The number of pyridine rings is 1. The smallest absolute Gasteiger partial charge is 0.227 e. The molecule has 3 aromatic rings. The minimum atomic E-state index is 0.0814. The summed E-state index contributed by atoms with van der Waals surface area (Å²) in [5, 5.41) is 3.30. The topological polar surface area (TPSA) is 30.2 Å². The molecule has 1 aromatic carbocycles. The Balaban J connectivity index is 1.90. The van der Waals surface area contributed by atoms with E-state index in [9.17, 15) is 4.79 Å². The zero-order valence-corrected chi connectivity index (χ0v) is 12.8. The van der Waals surface area contributed by atoms with Crippen molar-refractivity contribution in [2.75, 3.05) is 7.11 Å². The number of benzene rings is 1. The van der Waals surface area contributed by atoms with Crippen LogP contribution in [-0.4, -0.2) is 12.9 Å². The number of carbonyl (C=O) groups is 1. The molecule has 0 bridgehead atoms. The Morgan fingerprint density at radius 2 is 2.14 bits per heavy atom. The third-order valence-electron chi connectivity index (χ3n) is 3.59. The van der Waals surface area contributed by atoms with E-state index < -0.39 is 0 Å². The van der Waals surface area contributed by atoms with Gasteiger partial charge in [-0.2, -0.15) is 4.57 Å². The number of thiophene rings is 1. The number of methoxy groups -OCH3 is 1. The van der Waals surface area contributed by atoms with Crippen LogP contribution in [0.15, 0.2) is 48.0 Å². The van der Waals surface area contributed by atoms with Crippen LogP contribution in [0.25, 0.3) is 10.1 Å². The molecule has 0 spiro atoms. The maximum atomic E-state index is 12.4. The lowest BCUT2D eigenvalue weighted by atomic mass is 10.1. The van der Waals surface area contributed by atoms with Crippen LogP contribution in [0.1, 0.15) is 16.1 Å². The molecular formula is C17H16NO2S+. The Morgan fingerprint density at radius 3 is 2.95 bits per heavy atom. The largest absolute Gasteiger partial charge is 0.497 e. The molecule has 21 heavy (non-hydrogen) atoms. The lowest BCUT2D eigenvalue weighted by Gasteiger charge is -2.04. The molecule has 0 N–H and O–H groups in total. The zero-order valence-electron chi connectivity index (χ0n) is 12.0. The molecule has 0 unspecified atom stereocenters. The summed E-state index contributed by atoms with van der Waals surface area (Å²) in [6.45, 7) is 2.39. The molecule has 2 aromatic heterocycles. The Kier molecular flexibility index (Phi) is 3.71. The number of hydrogen-bond donors (Lipinski definition) is 0. The number of nitrogens with zero attached hydrogens (tertiary/aromatic N) is 1. The van der Waals surface area contributed by atoms with Crippen LogP contribution >= 0.6 is 11.3 Å². The van der Waals surface area contributed by atoms with Crippen molar-refractivity contribution in [3.63, 3.8) is 0 Å². The molecule has 0 radical (unpaired) electrons. The van der Waals surface area contributed by atoms with Gasteiger partial charge in [0, 0.05) is 23.9 Å². The van der Waals surface area contributed by atoms with E-state index in [-0.39, 0.29) is 5.78 Å². The van der Waals surface area contributed by atoms with E-state index in [0.29, 0.717) is 17.9 Å². The van der Waals surface area contributed by atoms with Gasteiger partial charge in [-0.25, -0.2) is 0 Å². The van der Waals surface area contributed by atoms with Crippen LogP contribution in [0.3, 0.4) is 0 Å². The summed E-state index contributed by atoms with van der Waals surface area (Å²) in [5.41, 5.74) is 1.80. The fraction of sp³-hybridized carbons (Fsp3) is 0.176. The molecule has 0 fully saturated rings. The molecule has 106 valence electrons. The maximum Gasteiger partial charge on any atom is 0.227 e. The number of hydrogen-bond acceptors (Lipinski definition) is 3. The van der Waals surface area contributed by atoms with Crippen molar-refractivity contribution in [1.29, 1.82) is 0 Å². The third-order valence-corrected chi connectivity index (χ3v) is 4.63. The molecule has 4 heteroatoms. The van der Waals surface area contributed by atoms with E-state index >= 15 is 0 Å². The molecule has 2 heterocycles. The van der Waals surface area contributed by atoms with Gasteiger partial charge in [-0.1, -0.05) is 12.1 Å². The molecule has 0 atom stereocenters. The highest BCUT2D eigenvalue weighted by Gasteiger charge is 2.17. The molecule has 0 aliphatic rings. The molecular weight excluding hydrogens is 282 g/mol. The minimum Gasteiger partial charge on any atom is -0.497 e. The van der Waals surface area contributed by atoms with E-state index in [1.165, 1.54) is 10.1 Å². The molecule has 3 nitrogen and oxygen atoms in total. The van der Waals surface area contributed by atoms with Crippen LogP contribution in [0.4, 0.5) is 0 Å². The van der Waals surface area contributed by atoms with Crippen molar-refractivity contribution < 1.29 is 14.1 Å². The van der Waals surface area contributed by atoms with E-state index in [4.69, 9.17) is 4.74 Å². The highest BCUT2D eigenvalue weighted by molar-refractivity contribution is 7.17. The highest BCUT2D eigenvalue weighted by Crippen LogP contribution is 2.21. The van der Waals surface area contributed by atoms with Crippen molar-refractivity contribution in [3.8, 4) is 5.75 Å². The second-order valence-electron chi connectivity index (χ2n) is 4.89. The van der Waals surface area contributed by atoms with Crippen LogP contribution in [0.5, 0.6) is 5.75 Å². The van der Waals surface area contributed by atoms with E-state index in [1.807, 2.05) is 29.0 Å². The van der Waals surface area contributed by atoms with Crippen molar-refractivity contribution in [3.05, 3.63) is 59.2 Å². The molecule has 3 rings (SSSR count). The van der Waals surface area contributed by atoms with Crippen LogP contribution < -0.4 is 9.30 Å². The van der Waals surface area contributed by atoms with Crippen molar-refractivity contribution in [2.24, 2.45) is 0 Å². The molecule has 0 saturated heterocycles. The number of ether oxygens (including phenoxy) is 1. The van der Waals surface area contributed by atoms with Crippen molar-refractivity contribution >= 4 is 27.2 Å². The average molecular weight is 298 g/mol. The normalized spacial score (nSPS) is 10.8. The first-order valence-corrected chi connectivity index (χ1v) is 7.60. The van der Waals surface area contributed by atoms with E-state index in [2.05, 4.69) is 24.4 Å². The first-order chi connectivity index (χ1) is 10.2. The van der Waals surface area contributed by atoms with E-state index in [1.54, 1.807) is 24.5 Å². The van der Waals surface area contributed by atoms with Gasteiger partial charge in [0.1, 0.15) is 10.4 Å². The fourth-order valence-electron chi connectivity index (χ4n) is 2.37. The second kappa shape index (κ2) is 5.66. The molecule has 0 saturated carbocycles. The SMILES string of the molecule is COc1cccc(C(=O)C[n+]2ccc3ccsc3c2C)c1. The first kappa shape index (κ1) is 13.8. The average Bonchev–Trinajstić information content (AvgIpc) is 2.99. The fourth-order valence-corrected chi connectivity index (χ4v) is 3.28. The van der Waals surface area contributed by atoms with Crippen molar-refractivity contribution in [1.82, 2.24) is 0 Å². The summed E-state index contributed by atoms with van der Waals surface area (Å²) < 4.78 is 8.40. The van der Waals surface area contributed by atoms with Gasteiger partial charge in [0.15, 0.2) is 11.9 Å². The summed E-state index contributed by atoms with van der Waals surface area (Å²) >= 11 is 1.70. The summed E-state index contributed by atoms with van der Waals surface area (Å²) in [7, 11) is 1.60. The Morgan fingerprint density at radius 1 is 1.29 bits per heavy atom. The van der Waals surface area contributed by atoms with Gasteiger partial charge in [0.05, 0.1) is 7.11 Å². The monoisotopic (exact) mass is 298 g/mol. The van der Waals surface area contributed by atoms with Gasteiger partial charge in [-0.15, -0.1) is 11.3 Å². The number of aryl methyl sites for hydroxylation is 1. The standard InChI is InChI=1S/C17H16NO2S/c1-12-17-13(7-9-21-17)6-8-18(12)11-16(19)14-4-3-5-15(10-14)20-2/h3-10H,11H2,1-2H3/q+1. The number of rotatable bonds is 4. The van der Waals surface area contributed by atoms with E-state index in [0.717, 1.165) is 5.69 Å². The Labute approximate surface area is 127 Å². The molecule has 0 amide bonds. The first-order valence-electron chi connectivity index (χ1n) is 6.72. The van der Waals surface area contributed by atoms with Crippen molar-refractivity contribution in [2.45, 2.75) is 13.5 Å². The number of ketones is 1. The Hall–Kier alpha value is -2.20. The number of aromatic nitrogens is 1. The van der Waals surface area contributed by atoms with Crippen LogP contribution in [-0.2, 0) is 6.54 Å². The number of Topliss-reactive ketones (excluding diaryl/α,β-unsaturated/α-hetero) is 1. The maximum absolute atomic E-state index is 12.4. The predicted molar refractivity (Wildman–Crippen MR) is 84.1 cm³/mol. The highest BCUT2D eigenvalue weighted by atomic mass is 32.1. The molecule has 0 aliphatic heterocycles. The summed E-state index contributed by atoms with van der Waals surface area (Å²) in [6.07, 6.45) is 1.97. The van der Waals surface area contributed by atoms with Gasteiger partial charge in [-0.05, 0) is 23.6 Å². The number of carbonyl (C=O) groups excluding carboxylic acids is 1. The summed E-state index contributed by atoms with van der Waals surface area (Å²) in [4.78, 5) is 12.4. The van der Waals surface area contributed by atoms with Gasteiger partial charge in [-0.3, -0.25) is 4.79 Å². The predicted octanol–water partition coefficient (Wildman–Crippen LogP) is 3.39. The number of fused-ring (bicyclic) bond motifs is 1. The lowest BCUT2D eigenvalue weighted by molar-refractivity contribution is -0.687. The van der Waals surface area contributed by atoms with Gasteiger partial charge in [0.25, 0.3) is 0 Å². The van der Waals surface area contributed by atoms with Gasteiger partial charge >= 0.3 is 0 Å². The van der Waals surface area contributed by atoms with Crippen LogP contribution in [0.2, 0.25) is 0 Å². The quantitative estimate of drug-likeness (QED) is 0.546. The minimum absolute atomic E-state index is 0.0814. The Bertz CT molecular complexity index is 807. The summed E-state index contributed by atoms with van der Waals surface area (Å²) in [5.74, 6) is 0.786. The molecule has 0 aliphatic carbocycles. The van der Waals surface area contributed by atoms with Crippen LogP contribution in [0, 0.1) is 6.92 Å². The lowest BCUT2D eigenvalue weighted by Crippen LogP contribution is -2.40. The summed E-state index contributed by atoms with van der Waals surface area (Å²) in [6, 6.07) is 11.4. The zero-order chi connectivity index (χ0) is 14.8. The van der Waals surface area contributed by atoms with Gasteiger partial charge < -0.3 is 4.74 Å². The third kappa shape index (κ3) is 2.67. The van der Waals surface area contributed by atoms with Gasteiger partial charge in [0.2, 0.25) is 12.3 Å².